The zero-order valence-electron chi connectivity index (χ0n) is 13.2. The minimum atomic E-state index is -0.125. The average Bonchev–Trinajstić information content (AvgIpc) is 2.49. The molecule has 0 bridgehead atoms. The van der Waals surface area contributed by atoms with Crippen molar-refractivity contribution in [1.29, 1.82) is 0 Å². The Labute approximate surface area is 126 Å². The van der Waals surface area contributed by atoms with Gasteiger partial charge in [-0.3, -0.25) is 4.79 Å². The van der Waals surface area contributed by atoms with Crippen LogP contribution < -0.4 is 5.32 Å². The number of likely N-dealkylation sites (tertiary alicyclic amines) is 1. The third kappa shape index (κ3) is 4.67. The van der Waals surface area contributed by atoms with Gasteiger partial charge in [0.15, 0.2) is 5.69 Å². The summed E-state index contributed by atoms with van der Waals surface area (Å²) in [6, 6.07) is 3.53. The molecule has 1 aromatic rings. The topological polar surface area (TPSA) is 61.4 Å². The highest BCUT2D eigenvalue weighted by atomic mass is 16.2. The summed E-state index contributed by atoms with van der Waals surface area (Å²) in [5.41, 5.74) is 0.376. The molecule has 1 amide bonds. The number of carbonyl (C=O) groups excluding carboxylic acids is 1. The summed E-state index contributed by atoms with van der Waals surface area (Å²) in [6.07, 6.45) is 3.72. The van der Waals surface area contributed by atoms with E-state index in [1.165, 1.54) is 30.8 Å². The first-order valence-corrected chi connectivity index (χ1v) is 7.54. The predicted molar refractivity (Wildman–Crippen MR) is 83.4 cm³/mol. The summed E-state index contributed by atoms with van der Waals surface area (Å²) in [5.74, 6) is 1.41. The van der Waals surface area contributed by atoms with Crippen molar-refractivity contribution in [2.75, 3.05) is 46.1 Å². The quantitative estimate of drug-likeness (QED) is 0.886. The Morgan fingerprint density at radius 1 is 1.33 bits per heavy atom. The minimum Gasteiger partial charge on any atom is -0.369 e. The Hall–Kier alpha value is -1.69. The van der Waals surface area contributed by atoms with Crippen molar-refractivity contribution in [2.45, 2.75) is 19.3 Å². The summed E-state index contributed by atoms with van der Waals surface area (Å²) < 4.78 is 0. The fraction of sp³-hybridized carbons (Fsp3) is 0.667. The van der Waals surface area contributed by atoms with Crippen molar-refractivity contribution >= 4 is 11.7 Å². The first-order valence-electron chi connectivity index (χ1n) is 7.54. The Balaban J connectivity index is 1.75. The predicted octanol–water partition coefficient (Wildman–Crippen LogP) is 1.32. The monoisotopic (exact) mass is 291 g/mol. The molecule has 1 N–H and O–H groups in total. The van der Waals surface area contributed by atoms with Crippen molar-refractivity contribution in [1.82, 2.24) is 20.0 Å². The van der Waals surface area contributed by atoms with E-state index in [2.05, 4.69) is 27.5 Å². The van der Waals surface area contributed by atoms with Crippen LogP contribution in [0.1, 0.15) is 29.8 Å². The number of nitrogens with one attached hydrogen (secondary N) is 1. The van der Waals surface area contributed by atoms with Crippen LogP contribution in [0.2, 0.25) is 0 Å². The molecule has 0 spiro atoms. The molecule has 0 aromatic carbocycles. The molecule has 1 aliphatic rings. The van der Waals surface area contributed by atoms with E-state index in [4.69, 9.17) is 0 Å². The van der Waals surface area contributed by atoms with Crippen LogP contribution in [-0.2, 0) is 0 Å². The SMILES string of the molecule is CN1CCC(CCNc2ccc(C(=O)N(C)C)nn2)CC1. The third-order valence-corrected chi connectivity index (χ3v) is 3.99. The second-order valence-corrected chi connectivity index (χ2v) is 5.97. The Morgan fingerprint density at radius 2 is 2.05 bits per heavy atom. The highest BCUT2D eigenvalue weighted by molar-refractivity contribution is 5.91. The number of aromatic nitrogens is 2. The van der Waals surface area contributed by atoms with Crippen molar-refractivity contribution in [3.05, 3.63) is 17.8 Å². The highest BCUT2D eigenvalue weighted by Gasteiger charge is 2.16. The van der Waals surface area contributed by atoms with E-state index in [9.17, 15) is 4.79 Å². The molecule has 0 unspecified atom stereocenters. The van der Waals surface area contributed by atoms with Crippen LogP contribution in [0.4, 0.5) is 5.82 Å². The van der Waals surface area contributed by atoms with E-state index in [1.807, 2.05) is 6.07 Å². The number of hydrogen-bond donors (Lipinski definition) is 1. The van der Waals surface area contributed by atoms with Gasteiger partial charge < -0.3 is 15.1 Å². The molecular weight excluding hydrogens is 266 g/mol. The van der Waals surface area contributed by atoms with Gasteiger partial charge in [0.25, 0.3) is 5.91 Å². The lowest BCUT2D eigenvalue weighted by Gasteiger charge is -2.28. The molecule has 1 saturated heterocycles. The maximum Gasteiger partial charge on any atom is 0.273 e. The molecular formula is C15H25N5O. The lowest BCUT2D eigenvalue weighted by molar-refractivity contribution is 0.0821. The van der Waals surface area contributed by atoms with E-state index in [1.54, 1.807) is 20.2 Å². The van der Waals surface area contributed by atoms with Crippen molar-refractivity contribution in [3.63, 3.8) is 0 Å². The second-order valence-electron chi connectivity index (χ2n) is 5.97. The molecule has 2 heterocycles. The number of carbonyl (C=O) groups is 1. The molecule has 0 radical (unpaired) electrons. The van der Waals surface area contributed by atoms with Gasteiger partial charge in [-0.2, -0.15) is 0 Å². The van der Waals surface area contributed by atoms with Gasteiger partial charge in [0.05, 0.1) is 0 Å². The maximum absolute atomic E-state index is 11.7. The van der Waals surface area contributed by atoms with Gasteiger partial charge in [0.1, 0.15) is 5.82 Å². The number of anilines is 1. The first-order chi connectivity index (χ1) is 10.1. The van der Waals surface area contributed by atoms with Gasteiger partial charge in [-0.25, -0.2) is 0 Å². The molecule has 116 valence electrons. The minimum absolute atomic E-state index is 0.125. The molecule has 6 nitrogen and oxygen atoms in total. The zero-order valence-corrected chi connectivity index (χ0v) is 13.2. The second kappa shape index (κ2) is 7.36. The zero-order chi connectivity index (χ0) is 15.2. The summed E-state index contributed by atoms with van der Waals surface area (Å²) in [6.45, 7) is 3.31. The van der Waals surface area contributed by atoms with E-state index < -0.39 is 0 Å². The normalized spacial score (nSPS) is 16.7. The van der Waals surface area contributed by atoms with E-state index >= 15 is 0 Å². The largest absolute Gasteiger partial charge is 0.369 e. The molecule has 1 fully saturated rings. The van der Waals surface area contributed by atoms with Crippen LogP contribution in [-0.4, -0.2) is 66.7 Å². The number of rotatable bonds is 5. The lowest BCUT2D eigenvalue weighted by Crippen LogP contribution is -2.30. The van der Waals surface area contributed by atoms with E-state index in [0.29, 0.717) is 5.69 Å². The molecule has 0 atom stereocenters. The van der Waals surface area contributed by atoms with Crippen LogP contribution >= 0.6 is 0 Å². The number of hydrogen-bond acceptors (Lipinski definition) is 5. The number of piperidine rings is 1. The third-order valence-electron chi connectivity index (χ3n) is 3.99. The molecule has 1 aliphatic heterocycles. The summed E-state index contributed by atoms with van der Waals surface area (Å²) in [7, 11) is 5.59. The van der Waals surface area contributed by atoms with Gasteiger partial charge in [-0.1, -0.05) is 0 Å². The van der Waals surface area contributed by atoms with E-state index in [-0.39, 0.29) is 5.91 Å². The van der Waals surface area contributed by atoms with Gasteiger partial charge in [0, 0.05) is 20.6 Å². The van der Waals surface area contributed by atoms with Crippen LogP contribution in [0.5, 0.6) is 0 Å². The standard InChI is InChI=1S/C15H25N5O/c1-19(2)15(21)13-4-5-14(18-17-13)16-9-6-12-7-10-20(3)11-8-12/h4-5,12H,6-11H2,1-3H3,(H,16,18). The summed E-state index contributed by atoms with van der Waals surface area (Å²) in [5, 5.41) is 11.3. The molecule has 6 heteroatoms. The molecule has 1 aromatic heterocycles. The fourth-order valence-corrected chi connectivity index (χ4v) is 2.52. The van der Waals surface area contributed by atoms with Gasteiger partial charge in [-0.05, 0) is 57.5 Å². The van der Waals surface area contributed by atoms with Crippen molar-refractivity contribution in [3.8, 4) is 0 Å². The van der Waals surface area contributed by atoms with Crippen LogP contribution in [0, 0.1) is 5.92 Å². The van der Waals surface area contributed by atoms with Gasteiger partial charge in [-0.15, -0.1) is 10.2 Å². The molecule has 21 heavy (non-hydrogen) atoms. The van der Waals surface area contributed by atoms with Crippen molar-refractivity contribution in [2.24, 2.45) is 5.92 Å². The number of amides is 1. The Morgan fingerprint density at radius 3 is 2.62 bits per heavy atom. The van der Waals surface area contributed by atoms with Crippen LogP contribution in [0.3, 0.4) is 0 Å². The molecule has 2 rings (SSSR count). The summed E-state index contributed by atoms with van der Waals surface area (Å²) in [4.78, 5) is 15.6. The highest BCUT2D eigenvalue weighted by Crippen LogP contribution is 2.19. The average molecular weight is 291 g/mol. The Bertz CT molecular complexity index is 452. The van der Waals surface area contributed by atoms with Crippen LogP contribution in [0.25, 0.3) is 0 Å². The molecule has 0 aliphatic carbocycles. The number of nitrogens with zero attached hydrogens (tertiary/aromatic N) is 4. The Kier molecular flexibility index (Phi) is 5.50. The molecule has 0 saturated carbocycles. The van der Waals surface area contributed by atoms with Gasteiger partial charge >= 0.3 is 0 Å². The smallest absolute Gasteiger partial charge is 0.273 e. The summed E-state index contributed by atoms with van der Waals surface area (Å²) >= 11 is 0. The lowest BCUT2D eigenvalue weighted by atomic mass is 9.94. The van der Waals surface area contributed by atoms with E-state index in [0.717, 1.165) is 24.7 Å². The van der Waals surface area contributed by atoms with Crippen molar-refractivity contribution < 1.29 is 4.79 Å². The van der Waals surface area contributed by atoms with Crippen LogP contribution in [0.15, 0.2) is 12.1 Å². The fourth-order valence-electron chi connectivity index (χ4n) is 2.52. The first kappa shape index (κ1) is 15.7. The van der Waals surface area contributed by atoms with Gasteiger partial charge in [0.2, 0.25) is 0 Å². The maximum atomic E-state index is 11.7.